The molecule has 0 aromatic heterocycles. The van der Waals surface area contributed by atoms with Gasteiger partial charge in [0, 0.05) is 25.7 Å². The summed E-state index contributed by atoms with van der Waals surface area (Å²) in [6.45, 7) is 7.52. The van der Waals surface area contributed by atoms with Gasteiger partial charge in [-0.3, -0.25) is 14.7 Å². The maximum atomic E-state index is 10.8. The van der Waals surface area contributed by atoms with E-state index < -0.39 is 11.9 Å². The van der Waals surface area contributed by atoms with E-state index in [1.54, 1.807) is 19.1 Å². The van der Waals surface area contributed by atoms with Crippen LogP contribution in [0.1, 0.15) is 51.2 Å². The lowest BCUT2D eigenvalue weighted by molar-refractivity contribution is -0.139. The zero-order valence-electron chi connectivity index (χ0n) is 22.5. The Bertz CT molecular complexity index is 1030. The number of aliphatic imine (C=N–C) groups is 1. The van der Waals surface area contributed by atoms with Crippen LogP contribution in [0.3, 0.4) is 0 Å². The molecule has 3 unspecified atom stereocenters. The van der Waals surface area contributed by atoms with Gasteiger partial charge in [-0.25, -0.2) is 0 Å². The Kier molecular flexibility index (Phi) is 13.9. The minimum atomic E-state index is -0.814. The van der Waals surface area contributed by atoms with Gasteiger partial charge in [0.2, 0.25) is 0 Å². The predicted molar refractivity (Wildman–Crippen MR) is 157 cm³/mol. The van der Waals surface area contributed by atoms with E-state index in [0.29, 0.717) is 0 Å². The van der Waals surface area contributed by atoms with E-state index in [1.165, 1.54) is 16.7 Å². The minimum Gasteiger partial charge on any atom is -0.481 e. The molecule has 0 fully saturated rings. The van der Waals surface area contributed by atoms with Crippen molar-refractivity contribution >= 4 is 12.2 Å². The molecular formula is C32H43N3O2. The van der Waals surface area contributed by atoms with Crippen LogP contribution in [0.15, 0.2) is 102 Å². The normalized spacial score (nSPS) is 17.9. The number of hydrogen-bond acceptors (Lipinski definition) is 4. The first-order chi connectivity index (χ1) is 17.9. The van der Waals surface area contributed by atoms with Gasteiger partial charge >= 0.3 is 5.97 Å². The summed E-state index contributed by atoms with van der Waals surface area (Å²) in [6.07, 6.45) is 27.8. The number of carbonyl (C=O) groups is 1. The number of nitrogens with zero attached hydrogens (tertiary/aromatic N) is 2. The molecular weight excluding hydrogens is 458 g/mol. The fraction of sp³-hybridized carbons (Fsp3) is 0.375. The van der Waals surface area contributed by atoms with Gasteiger partial charge in [0.25, 0.3) is 0 Å². The summed E-state index contributed by atoms with van der Waals surface area (Å²) in [7, 11) is 0. The van der Waals surface area contributed by atoms with E-state index in [2.05, 4.69) is 78.4 Å². The van der Waals surface area contributed by atoms with Gasteiger partial charge in [0.05, 0.1) is 18.1 Å². The van der Waals surface area contributed by atoms with Gasteiger partial charge < -0.3 is 10.8 Å². The molecule has 37 heavy (non-hydrogen) atoms. The first kappa shape index (κ1) is 29.9. The molecule has 0 radical (unpaired) electrons. The lowest BCUT2D eigenvalue weighted by Gasteiger charge is -2.27. The summed E-state index contributed by atoms with van der Waals surface area (Å²) in [6, 6.07) is 8.73. The second-order valence-electron chi connectivity index (χ2n) is 9.43. The smallest absolute Gasteiger partial charge is 0.310 e. The van der Waals surface area contributed by atoms with Crippen molar-refractivity contribution in [3.05, 3.63) is 108 Å². The van der Waals surface area contributed by atoms with Crippen LogP contribution in [0.5, 0.6) is 0 Å². The van der Waals surface area contributed by atoms with Crippen molar-refractivity contribution in [2.75, 3.05) is 6.54 Å². The van der Waals surface area contributed by atoms with Crippen LogP contribution in [-0.2, 0) is 17.8 Å². The molecule has 1 aromatic carbocycles. The van der Waals surface area contributed by atoms with Gasteiger partial charge in [-0.05, 0) is 37.8 Å². The topological polar surface area (TPSA) is 78.9 Å². The number of benzene rings is 1. The minimum absolute atomic E-state index is 0.0163. The summed E-state index contributed by atoms with van der Waals surface area (Å²) in [5.74, 6) is -1.29. The molecule has 0 saturated heterocycles. The maximum absolute atomic E-state index is 10.8. The average molecular weight is 502 g/mol. The third kappa shape index (κ3) is 12.5. The summed E-state index contributed by atoms with van der Waals surface area (Å²) >= 11 is 0. The summed E-state index contributed by atoms with van der Waals surface area (Å²) < 4.78 is 0. The first-order valence-corrected chi connectivity index (χ1v) is 13.2. The van der Waals surface area contributed by atoms with E-state index in [-0.39, 0.29) is 12.2 Å². The van der Waals surface area contributed by atoms with Crippen LogP contribution in [-0.4, -0.2) is 40.9 Å². The van der Waals surface area contributed by atoms with Crippen LogP contribution in [0.25, 0.3) is 0 Å². The third-order valence-electron chi connectivity index (χ3n) is 6.09. The molecule has 0 spiro atoms. The monoisotopic (exact) mass is 501 g/mol. The fourth-order valence-electron chi connectivity index (χ4n) is 3.81. The molecule has 5 nitrogen and oxygen atoms in total. The number of aliphatic carboxylic acids is 1. The third-order valence-corrected chi connectivity index (χ3v) is 6.09. The molecule has 3 N–H and O–H groups in total. The zero-order chi connectivity index (χ0) is 26.9. The first-order valence-electron chi connectivity index (χ1n) is 13.2. The van der Waals surface area contributed by atoms with Crippen molar-refractivity contribution < 1.29 is 9.90 Å². The molecule has 0 amide bonds. The van der Waals surface area contributed by atoms with Crippen LogP contribution >= 0.6 is 0 Å². The highest BCUT2D eigenvalue weighted by molar-refractivity contribution is 5.71. The van der Waals surface area contributed by atoms with E-state index >= 15 is 0 Å². The maximum Gasteiger partial charge on any atom is 0.310 e. The van der Waals surface area contributed by atoms with Gasteiger partial charge in [0.1, 0.15) is 0 Å². The Balaban J connectivity index is 1.86. The molecule has 3 atom stereocenters. The summed E-state index contributed by atoms with van der Waals surface area (Å²) in [5.41, 5.74) is 10.2. The quantitative estimate of drug-likeness (QED) is 0.126. The van der Waals surface area contributed by atoms with Gasteiger partial charge in [-0.2, -0.15) is 0 Å². The Morgan fingerprint density at radius 1 is 1.14 bits per heavy atom. The van der Waals surface area contributed by atoms with E-state index in [9.17, 15) is 4.79 Å². The van der Waals surface area contributed by atoms with Crippen LogP contribution < -0.4 is 5.73 Å². The number of nitrogens with two attached hydrogens (primary N) is 1. The molecule has 0 saturated carbocycles. The fourth-order valence-corrected chi connectivity index (χ4v) is 3.81. The highest BCUT2D eigenvalue weighted by Gasteiger charge is 2.12. The second kappa shape index (κ2) is 17.2. The van der Waals surface area contributed by atoms with Crippen LogP contribution in [0.2, 0.25) is 0 Å². The molecule has 0 bridgehead atoms. The van der Waals surface area contributed by atoms with E-state index in [4.69, 9.17) is 10.8 Å². The highest BCUT2D eigenvalue weighted by atomic mass is 16.4. The predicted octanol–water partition coefficient (Wildman–Crippen LogP) is 6.41. The van der Waals surface area contributed by atoms with E-state index in [0.717, 1.165) is 38.8 Å². The Morgan fingerprint density at radius 3 is 2.62 bits per heavy atom. The number of carboxylic acids is 1. The molecule has 1 aliphatic carbocycles. The Morgan fingerprint density at radius 2 is 1.89 bits per heavy atom. The average Bonchev–Trinajstić information content (AvgIpc) is 3.09. The molecule has 0 heterocycles. The lowest BCUT2D eigenvalue weighted by atomic mass is 10.1. The standard InChI is InChI=1S/C32H43N3O2/c1-4-13-31(33)35(23-12-6-11-22-34-30-17-10-9-14-26(2)24-30)25-29-20-18-28(19-21-29)16-8-5-7-15-27(3)32(36)37/h5-10,12,14-15,17-22,24,27,30-31H,4,11,13,16,23,25,33H2,1-3H3,(H,36,37)/b8-5-,12-6+,15-7-,34-22?. The Labute approximate surface area is 223 Å². The van der Waals surface area contributed by atoms with Gasteiger partial charge in [-0.15, -0.1) is 0 Å². The number of rotatable bonds is 15. The lowest BCUT2D eigenvalue weighted by Crippen LogP contribution is -2.41. The number of allylic oxidation sites excluding steroid dienone is 8. The van der Waals surface area contributed by atoms with Gasteiger partial charge in [0.15, 0.2) is 0 Å². The molecule has 1 aliphatic rings. The number of hydrogen-bond donors (Lipinski definition) is 2. The molecule has 0 aliphatic heterocycles. The summed E-state index contributed by atoms with van der Waals surface area (Å²) in [4.78, 5) is 17.8. The van der Waals surface area contributed by atoms with E-state index in [1.807, 2.05) is 30.5 Å². The van der Waals surface area contributed by atoms with Crippen molar-refractivity contribution in [1.29, 1.82) is 0 Å². The Hall–Kier alpha value is -3.28. The molecule has 5 heteroatoms. The summed E-state index contributed by atoms with van der Waals surface area (Å²) in [5, 5.41) is 8.91. The van der Waals surface area contributed by atoms with Crippen molar-refractivity contribution in [3.63, 3.8) is 0 Å². The van der Waals surface area contributed by atoms with Crippen molar-refractivity contribution in [1.82, 2.24) is 4.90 Å². The van der Waals surface area contributed by atoms with Crippen molar-refractivity contribution in [3.8, 4) is 0 Å². The molecule has 2 rings (SSSR count). The molecule has 1 aromatic rings. The largest absolute Gasteiger partial charge is 0.481 e. The SMILES string of the molecule is CCCC(N)N(C/C=C/CC=NC1C=CC=CC(C)=C1)Cc1ccc(C/C=C\C=C/C(C)C(=O)O)cc1. The van der Waals surface area contributed by atoms with Crippen LogP contribution in [0, 0.1) is 5.92 Å². The number of carboxylic acid groups (broad SMARTS) is 1. The van der Waals surface area contributed by atoms with Crippen LogP contribution in [0.4, 0.5) is 0 Å². The second-order valence-corrected chi connectivity index (χ2v) is 9.43. The highest BCUT2D eigenvalue weighted by Crippen LogP contribution is 2.12. The van der Waals surface area contributed by atoms with Crippen molar-refractivity contribution in [2.45, 2.75) is 65.2 Å². The van der Waals surface area contributed by atoms with Crippen molar-refractivity contribution in [2.24, 2.45) is 16.6 Å². The zero-order valence-corrected chi connectivity index (χ0v) is 22.5. The molecule has 198 valence electrons. The van der Waals surface area contributed by atoms with Gasteiger partial charge in [-0.1, -0.05) is 110 Å².